The van der Waals surface area contributed by atoms with Crippen molar-refractivity contribution in [2.45, 2.75) is 19.3 Å². The third-order valence-electron chi connectivity index (χ3n) is 5.54. The normalized spacial score (nSPS) is 26.0. The quantitative estimate of drug-likeness (QED) is 0.825. The van der Waals surface area contributed by atoms with Gasteiger partial charge in [-0.2, -0.15) is 0 Å². The van der Waals surface area contributed by atoms with Crippen molar-refractivity contribution in [2.24, 2.45) is 5.41 Å². The Bertz CT molecular complexity index is 821. The molecular weight excluding hydrogens is 336 g/mol. The Labute approximate surface area is 150 Å². The van der Waals surface area contributed by atoms with Gasteiger partial charge in [-0.25, -0.2) is 0 Å². The van der Waals surface area contributed by atoms with Crippen LogP contribution in [0.1, 0.15) is 33.3 Å². The number of hydrogen-bond donors (Lipinski definition) is 0. The van der Waals surface area contributed by atoms with Gasteiger partial charge in [0.15, 0.2) is 5.69 Å². The zero-order chi connectivity index (χ0) is 17.6. The highest BCUT2D eigenvalue weighted by molar-refractivity contribution is 7.05. The average molecular weight is 356 g/mol. The first-order chi connectivity index (χ1) is 12.0. The van der Waals surface area contributed by atoms with E-state index in [2.05, 4.69) is 21.7 Å². The first-order valence-electron chi connectivity index (χ1n) is 8.42. The Morgan fingerprint density at radius 3 is 2.76 bits per heavy atom. The van der Waals surface area contributed by atoms with Crippen LogP contribution >= 0.6 is 11.5 Å². The number of hydrogen-bond acceptors (Lipinski definition) is 5. The van der Waals surface area contributed by atoms with Crippen LogP contribution in [-0.2, 0) is 4.79 Å². The fourth-order valence-electron chi connectivity index (χ4n) is 4.22. The minimum absolute atomic E-state index is 0.110. The predicted molar refractivity (Wildman–Crippen MR) is 94.4 cm³/mol. The molecule has 2 aliphatic rings. The number of rotatable bonds is 2. The molecule has 1 aromatic heterocycles. The van der Waals surface area contributed by atoms with E-state index in [1.807, 2.05) is 32.2 Å². The van der Waals surface area contributed by atoms with Gasteiger partial charge in [-0.15, -0.1) is 5.10 Å². The summed E-state index contributed by atoms with van der Waals surface area (Å²) < 4.78 is 3.86. The smallest absolute Gasteiger partial charge is 0.275 e. The van der Waals surface area contributed by atoms with Crippen molar-refractivity contribution in [3.63, 3.8) is 0 Å². The SMILES string of the molecule is Cc1snnc1C(=O)N1CC[C@@]2(C1)C(=O)N(C)C[C@@H]2c1ccccc1. The first-order valence-corrected chi connectivity index (χ1v) is 9.19. The summed E-state index contributed by atoms with van der Waals surface area (Å²) in [6, 6.07) is 10.2. The van der Waals surface area contributed by atoms with E-state index in [0.29, 0.717) is 31.7 Å². The third-order valence-corrected chi connectivity index (χ3v) is 6.17. The molecule has 2 aromatic rings. The van der Waals surface area contributed by atoms with E-state index in [-0.39, 0.29) is 17.7 Å². The van der Waals surface area contributed by atoms with Gasteiger partial charge in [0.1, 0.15) is 0 Å². The van der Waals surface area contributed by atoms with E-state index in [0.717, 1.165) is 4.88 Å². The summed E-state index contributed by atoms with van der Waals surface area (Å²) in [5, 5.41) is 3.97. The molecule has 2 saturated heterocycles. The topological polar surface area (TPSA) is 66.4 Å². The Balaban J connectivity index is 1.65. The minimum Gasteiger partial charge on any atom is -0.345 e. The third kappa shape index (κ3) is 2.45. The largest absolute Gasteiger partial charge is 0.345 e. The predicted octanol–water partition coefficient (Wildman–Crippen LogP) is 1.93. The molecule has 0 bridgehead atoms. The summed E-state index contributed by atoms with van der Waals surface area (Å²) in [7, 11) is 1.85. The molecule has 1 spiro atoms. The summed E-state index contributed by atoms with van der Waals surface area (Å²) in [4.78, 5) is 30.2. The number of likely N-dealkylation sites (tertiary alicyclic amines) is 2. The highest BCUT2D eigenvalue weighted by Gasteiger charge is 2.57. The number of benzene rings is 1. The molecule has 25 heavy (non-hydrogen) atoms. The van der Waals surface area contributed by atoms with Gasteiger partial charge in [0.25, 0.3) is 5.91 Å². The van der Waals surface area contributed by atoms with Crippen LogP contribution in [-0.4, -0.2) is 57.9 Å². The second-order valence-corrected chi connectivity index (χ2v) is 7.92. The fourth-order valence-corrected chi connectivity index (χ4v) is 4.67. The van der Waals surface area contributed by atoms with Gasteiger partial charge < -0.3 is 9.80 Å². The van der Waals surface area contributed by atoms with Gasteiger partial charge in [-0.05, 0) is 30.4 Å². The summed E-state index contributed by atoms with van der Waals surface area (Å²) in [6.45, 7) is 3.58. The van der Waals surface area contributed by atoms with Crippen LogP contribution in [0.2, 0.25) is 0 Å². The monoisotopic (exact) mass is 356 g/mol. The second-order valence-electron chi connectivity index (χ2n) is 6.96. The molecule has 2 atom stereocenters. The maximum atomic E-state index is 13.0. The first kappa shape index (κ1) is 16.2. The Morgan fingerprint density at radius 2 is 2.08 bits per heavy atom. The average Bonchev–Trinajstić information content (AvgIpc) is 3.31. The lowest BCUT2D eigenvalue weighted by atomic mass is 9.73. The zero-order valence-electron chi connectivity index (χ0n) is 14.3. The summed E-state index contributed by atoms with van der Waals surface area (Å²) in [5.41, 5.74) is 1.06. The van der Waals surface area contributed by atoms with Crippen LogP contribution in [0.4, 0.5) is 0 Å². The molecule has 6 nitrogen and oxygen atoms in total. The lowest BCUT2D eigenvalue weighted by Gasteiger charge is -2.28. The van der Waals surface area contributed by atoms with Crippen LogP contribution in [0.3, 0.4) is 0 Å². The number of amides is 2. The molecule has 0 saturated carbocycles. The molecule has 0 unspecified atom stereocenters. The number of carbonyl (C=O) groups is 2. The highest BCUT2D eigenvalue weighted by atomic mass is 32.1. The molecule has 4 rings (SSSR count). The number of aryl methyl sites for hydroxylation is 1. The molecule has 2 aliphatic heterocycles. The molecule has 0 N–H and O–H groups in total. The second kappa shape index (κ2) is 5.91. The Kier molecular flexibility index (Phi) is 3.83. The van der Waals surface area contributed by atoms with Gasteiger partial charge in [-0.1, -0.05) is 34.8 Å². The van der Waals surface area contributed by atoms with Crippen molar-refractivity contribution in [1.29, 1.82) is 0 Å². The molecule has 2 fully saturated rings. The Hall–Kier alpha value is -2.28. The molecule has 130 valence electrons. The summed E-state index contributed by atoms with van der Waals surface area (Å²) >= 11 is 1.23. The maximum Gasteiger partial charge on any atom is 0.275 e. The van der Waals surface area contributed by atoms with Gasteiger partial charge >= 0.3 is 0 Å². The standard InChI is InChI=1S/C18H20N4O2S/c1-12-15(19-20-25-12)16(23)22-9-8-18(11-22)14(10-21(2)17(18)24)13-6-4-3-5-7-13/h3-7,14H,8-11H2,1-2H3/t14-,18+/m1/s1. The summed E-state index contributed by atoms with van der Waals surface area (Å²) in [6.07, 6.45) is 0.693. The molecular formula is C18H20N4O2S. The van der Waals surface area contributed by atoms with Crippen molar-refractivity contribution in [1.82, 2.24) is 19.4 Å². The van der Waals surface area contributed by atoms with E-state index in [1.165, 1.54) is 17.1 Å². The van der Waals surface area contributed by atoms with E-state index < -0.39 is 5.41 Å². The lowest BCUT2D eigenvalue weighted by molar-refractivity contribution is -0.134. The van der Waals surface area contributed by atoms with E-state index in [9.17, 15) is 9.59 Å². The van der Waals surface area contributed by atoms with Crippen LogP contribution in [0.15, 0.2) is 30.3 Å². The van der Waals surface area contributed by atoms with Crippen LogP contribution < -0.4 is 0 Å². The zero-order valence-corrected chi connectivity index (χ0v) is 15.1. The number of likely N-dealkylation sites (N-methyl/N-ethyl adjacent to an activating group) is 1. The highest BCUT2D eigenvalue weighted by Crippen LogP contribution is 2.49. The van der Waals surface area contributed by atoms with Crippen LogP contribution in [0.5, 0.6) is 0 Å². The summed E-state index contributed by atoms with van der Waals surface area (Å²) in [5.74, 6) is 0.140. The molecule has 0 radical (unpaired) electrons. The van der Waals surface area contributed by atoms with Gasteiger partial charge in [0, 0.05) is 32.6 Å². The van der Waals surface area contributed by atoms with Gasteiger partial charge in [0.05, 0.1) is 10.3 Å². The van der Waals surface area contributed by atoms with E-state index in [4.69, 9.17) is 0 Å². The van der Waals surface area contributed by atoms with Crippen LogP contribution in [0.25, 0.3) is 0 Å². The number of nitrogens with zero attached hydrogens (tertiary/aromatic N) is 4. The van der Waals surface area contributed by atoms with E-state index >= 15 is 0 Å². The number of aromatic nitrogens is 2. The minimum atomic E-state index is -0.525. The van der Waals surface area contributed by atoms with Gasteiger partial charge in [-0.3, -0.25) is 9.59 Å². The van der Waals surface area contributed by atoms with Crippen molar-refractivity contribution >= 4 is 23.3 Å². The molecule has 1 aromatic carbocycles. The molecule has 3 heterocycles. The number of carbonyl (C=O) groups excluding carboxylic acids is 2. The Morgan fingerprint density at radius 1 is 1.32 bits per heavy atom. The molecule has 0 aliphatic carbocycles. The van der Waals surface area contributed by atoms with Crippen LogP contribution in [0, 0.1) is 12.3 Å². The molecule has 7 heteroatoms. The van der Waals surface area contributed by atoms with E-state index in [1.54, 1.807) is 9.80 Å². The molecule has 2 amide bonds. The maximum absolute atomic E-state index is 13.0. The van der Waals surface area contributed by atoms with Crippen molar-refractivity contribution in [3.8, 4) is 0 Å². The van der Waals surface area contributed by atoms with Crippen molar-refractivity contribution in [2.75, 3.05) is 26.7 Å². The lowest BCUT2D eigenvalue weighted by Crippen LogP contribution is -2.39. The van der Waals surface area contributed by atoms with Crippen molar-refractivity contribution in [3.05, 3.63) is 46.5 Å². The fraction of sp³-hybridized carbons (Fsp3) is 0.444. The van der Waals surface area contributed by atoms with Gasteiger partial charge in [0.2, 0.25) is 5.91 Å². The van der Waals surface area contributed by atoms with Crippen molar-refractivity contribution < 1.29 is 9.59 Å².